The van der Waals surface area contributed by atoms with Gasteiger partial charge in [-0.1, -0.05) is 29.8 Å². The number of ketones is 1. The van der Waals surface area contributed by atoms with Gasteiger partial charge in [-0.3, -0.25) is 4.79 Å². The van der Waals surface area contributed by atoms with E-state index in [1.807, 2.05) is 6.07 Å². The molecule has 1 N–H and O–H groups in total. The Kier molecular flexibility index (Phi) is 3.80. The number of carbonyl (C=O) groups is 1. The van der Waals surface area contributed by atoms with Crippen molar-refractivity contribution in [1.82, 2.24) is 0 Å². The second-order valence-corrected chi connectivity index (χ2v) is 4.24. The minimum Gasteiger partial charge on any atom is -0.508 e. The lowest BCUT2D eigenvalue weighted by molar-refractivity contribution is 0.104. The van der Waals surface area contributed by atoms with E-state index in [0.717, 1.165) is 5.56 Å². The number of benzene rings is 2. The van der Waals surface area contributed by atoms with Crippen LogP contribution in [0.4, 0.5) is 0 Å². The summed E-state index contributed by atoms with van der Waals surface area (Å²) in [5.74, 6) is 0.0751. The fraction of sp³-hybridized carbons (Fsp3) is 0. The molecule has 0 amide bonds. The lowest BCUT2D eigenvalue weighted by atomic mass is 10.1. The van der Waals surface area contributed by atoms with E-state index in [1.165, 1.54) is 6.08 Å². The summed E-state index contributed by atoms with van der Waals surface area (Å²) in [5.41, 5.74) is 1.35. The lowest BCUT2D eigenvalue weighted by Crippen LogP contribution is -1.92. The summed E-state index contributed by atoms with van der Waals surface area (Å²) < 4.78 is 0. The molecular weight excluding hydrogens is 248 g/mol. The van der Waals surface area contributed by atoms with Gasteiger partial charge in [0.2, 0.25) is 0 Å². The van der Waals surface area contributed by atoms with Gasteiger partial charge in [-0.25, -0.2) is 0 Å². The molecule has 0 aliphatic rings. The van der Waals surface area contributed by atoms with Crippen molar-refractivity contribution in [1.29, 1.82) is 0 Å². The highest BCUT2D eigenvalue weighted by atomic mass is 35.5. The summed E-state index contributed by atoms with van der Waals surface area (Å²) in [6.07, 6.45) is 3.13. The average Bonchev–Trinajstić information content (AvgIpc) is 2.37. The van der Waals surface area contributed by atoms with E-state index in [4.69, 9.17) is 11.6 Å². The monoisotopic (exact) mass is 258 g/mol. The average molecular weight is 259 g/mol. The van der Waals surface area contributed by atoms with Gasteiger partial charge >= 0.3 is 0 Å². The molecule has 0 unspecified atom stereocenters. The van der Waals surface area contributed by atoms with Crippen molar-refractivity contribution >= 4 is 23.5 Å². The van der Waals surface area contributed by atoms with Gasteiger partial charge in [-0.2, -0.15) is 0 Å². The van der Waals surface area contributed by atoms with Crippen LogP contribution in [0.3, 0.4) is 0 Å². The zero-order valence-electron chi connectivity index (χ0n) is 9.51. The summed E-state index contributed by atoms with van der Waals surface area (Å²) in [6, 6.07) is 13.4. The fourth-order valence-corrected chi connectivity index (χ4v) is 1.64. The van der Waals surface area contributed by atoms with E-state index in [-0.39, 0.29) is 11.5 Å². The maximum atomic E-state index is 11.8. The first-order valence-corrected chi connectivity index (χ1v) is 5.80. The van der Waals surface area contributed by atoms with Gasteiger partial charge < -0.3 is 5.11 Å². The first-order chi connectivity index (χ1) is 8.65. The maximum absolute atomic E-state index is 11.8. The molecule has 2 aromatic carbocycles. The molecule has 0 atom stereocenters. The van der Waals surface area contributed by atoms with Crippen molar-refractivity contribution in [3.63, 3.8) is 0 Å². The van der Waals surface area contributed by atoms with Crippen LogP contribution in [-0.4, -0.2) is 10.9 Å². The molecule has 2 rings (SSSR count). The van der Waals surface area contributed by atoms with Crippen LogP contribution >= 0.6 is 11.6 Å². The van der Waals surface area contributed by atoms with Crippen molar-refractivity contribution in [2.45, 2.75) is 0 Å². The highest BCUT2D eigenvalue weighted by molar-refractivity contribution is 6.30. The van der Waals surface area contributed by atoms with Crippen LogP contribution in [0.15, 0.2) is 54.6 Å². The van der Waals surface area contributed by atoms with E-state index in [1.54, 1.807) is 48.5 Å². The number of aromatic hydroxyl groups is 1. The quantitative estimate of drug-likeness (QED) is 0.669. The summed E-state index contributed by atoms with van der Waals surface area (Å²) in [6.45, 7) is 0. The molecule has 0 heterocycles. The van der Waals surface area contributed by atoms with Crippen molar-refractivity contribution in [2.75, 3.05) is 0 Å². The predicted molar refractivity (Wildman–Crippen MR) is 72.9 cm³/mol. The number of rotatable bonds is 3. The number of halogens is 1. The molecular formula is C15H11ClO2. The summed E-state index contributed by atoms with van der Waals surface area (Å²) in [7, 11) is 0. The van der Waals surface area contributed by atoms with E-state index in [0.29, 0.717) is 10.6 Å². The normalized spacial score (nSPS) is 10.7. The summed E-state index contributed by atoms with van der Waals surface area (Å²) >= 11 is 5.75. The third-order valence-electron chi connectivity index (χ3n) is 2.43. The van der Waals surface area contributed by atoms with Crippen LogP contribution in [0.1, 0.15) is 15.9 Å². The predicted octanol–water partition coefficient (Wildman–Crippen LogP) is 3.94. The van der Waals surface area contributed by atoms with Gasteiger partial charge in [0.1, 0.15) is 5.75 Å². The van der Waals surface area contributed by atoms with Crippen LogP contribution in [0.25, 0.3) is 6.08 Å². The van der Waals surface area contributed by atoms with Crippen molar-refractivity contribution in [2.24, 2.45) is 0 Å². The van der Waals surface area contributed by atoms with Crippen LogP contribution in [0, 0.1) is 0 Å². The topological polar surface area (TPSA) is 37.3 Å². The molecule has 0 aromatic heterocycles. The third kappa shape index (κ3) is 3.22. The molecule has 0 aliphatic carbocycles. The fourth-order valence-electron chi connectivity index (χ4n) is 1.51. The van der Waals surface area contributed by atoms with Gasteiger partial charge in [0.15, 0.2) is 5.78 Å². The number of carbonyl (C=O) groups excluding carboxylic acids is 1. The van der Waals surface area contributed by atoms with Gasteiger partial charge in [-0.15, -0.1) is 0 Å². The number of allylic oxidation sites excluding steroid dienone is 1. The third-order valence-corrected chi connectivity index (χ3v) is 2.68. The Morgan fingerprint density at radius 3 is 2.50 bits per heavy atom. The zero-order chi connectivity index (χ0) is 13.0. The van der Waals surface area contributed by atoms with Crippen LogP contribution < -0.4 is 0 Å². The molecule has 0 radical (unpaired) electrons. The molecule has 90 valence electrons. The Morgan fingerprint density at radius 1 is 1.11 bits per heavy atom. The molecule has 0 aliphatic heterocycles. The Labute approximate surface area is 110 Å². The highest BCUT2D eigenvalue weighted by Gasteiger charge is 2.00. The highest BCUT2D eigenvalue weighted by Crippen LogP contribution is 2.14. The Bertz CT molecular complexity index is 586. The molecule has 2 nitrogen and oxygen atoms in total. The number of hydrogen-bond acceptors (Lipinski definition) is 2. The van der Waals surface area contributed by atoms with Crippen LogP contribution in [0.5, 0.6) is 5.75 Å². The van der Waals surface area contributed by atoms with Crippen LogP contribution in [0.2, 0.25) is 5.02 Å². The molecule has 0 spiro atoms. The number of phenolic OH excluding ortho intramolecular Hbond substituents is 1. The summed E-state index contributed by atoms with van der Waals surface area (Å²) in [5, 5.41) is 9.89. The van der Waals surface area contributed by atoms with Crippen molar-refractivity contribution in [3.05, 3.63) is 70.8 Å². The maximum Gasteiger partial charge on any atom is 0.185 e. The molecule has 0 saturated carbocycles. The lowest BCUT2D eigenvalue weighted by Gasteiger charge is -1.97. The minimum atomic E-state index is -0.102. The minimum absolute atomic E-state index is 0.102. The molecule has 0 bridgehead atoms. The Morgan fingerprint density at radius 2 is 1.83 bits per heavy atom. The van der Waals surface area contributed by atoms with Gasteiger partial charge in [0, 0.05) is 10.6 Å². The SMILES string of the molecule is O=C(/C=C\c1cccc(O)c1)c1ccc(Cl)cc1. The molecule has 3 heteroatoms. The smallest absolute Gasteiger partial charge is 0.185 e. The van der Waals surface area contributed by atoms with E-state index in [2.05, 4.69) is 0 Å². The second kappa shape index (κ2) is 5.52. The van der Waals surface area contributed by atoms with Gasteiger partial charge in [0.25, 0.3) is 0 Å². The Balaban J connectivity index is 2.14. The van der Waals surface area contributed by atoms with E-state index >= 15 is 0 Å². The molecule has 0 saturated heterocycles. The summed E-state index contributed by atoms with van der Waals surface area (Å²) in [4.78, 5) is 11.8. The number of phenols is 1. The van der Waals surface area contributed by atoms with Crippen molar-refractivity contribution < 1.29 is 9.90 Å². The largest absolute Gasteiger partial charge is 0.508 e. The number of hydrogen-bond donors (Lipinski definition) is 1. The standard InChI is InChI=1S/C15H11ClO2/c16-13-7-5-12(6-8-13)15(18)9-4-11-2-1-3-14(17)10-11/h1-10,17H/b9-4-. The second-order valence-electron chi connectivity index (χ2n) is 3.80. The first kappa shape index (κ1) is 12.4. The molecule has 18 heavy (non-hydrogen) atoms. The zero-order valence-corrected chi connectivity index (χ0v) is 10.3. The Hall–Kier alpha value is -2.06. The molecule has 0 fully saturated rings. The van der Waals surface area contributed by atoms with Gasteiger partial charge in [0.05, 0.1) is 0 Å². The van der Waals surface area contributed by atoms with Crippen LogP contribution in [-0.2, 0) is 0 Å². The molecule has 2 aromatic rings. The van der Waals surface area contributed by atoms with Gasteiger partial charge in [-0.05, 0) is 48.0 Å². The van der Waals surface area contributed by atoms with Crippen molar-refractivity contribution in [3.8, 4) is 5.75 Å². The van der Waals surface area contributed by atoms with E-state index < -0.39 is 0 Å². The first-order valence-electron chi connectivity index (χ1n) is 5.42. The van der Waals surface area contributed by atoms with E-state index in [9.17, 15) is 9.90 Å².